The summed E-state index contributed by atoms with van der Waals surface area (Å²) in [6.07, 6.45) is 0.604. The van der Waals surface area contributed by atoms with E-state index in [1.807, 2.05) is 13.8 Å². The number of nitrogens with two attached hydrogens (primary N) is 3. The lowest BCUT2D eigenvalue weighted by molar-refractivity contribution is -0.142. The fourth-order valence-corrected chi connectivity index (χ4v) is 1.03. The monoisotopic (exact) mass is 295 g/mol. The van der Waals surface area contributed by atoms with Gasteiger partial charge in [0.05, 0.1) is 19.1 Å². The van der Waals surface area contributed by atoms with Gasteiger partial charge >= 0.3 is 5.97 Å². The second kappa shape index (κ2) is 16.3. The zero-order valence-electron chi connectivity index (χ0n) is 13.4. The Labute approximate surface area is 122 Å². The molecule has 0 radical (unpaired) electrons. The van der Waals surface area contributed by atoms with Crippen molar-refractivity contribution in [2.24, 2.45) is 23.1 Å². The van der Waals surface area contributed by atoms with E-state index in [1.165, 1.54) is 0 Å². The molecule has 0 saturated heterocycles. The molecule has 0 heterocycles. The molecular weight excluding hydrogens is 262 g/mol. The molecule has 0 aromatic heterocycles. The Kier molecular flexibility index (Phi) is 19.8. The molecular formula is C13H33N3O4. The predicted octanol–water partition coefficient (Wildman–Crippen LogP) is -0.250. The van der Waals surface area contributed by atoms with E-state index >= 15 is 0 Å². The molecule has 7 heteroatoms. The van der Waals surface area contributed by atoms with Gasteiger partial charge in [0.2, 0.25) is 0 Å². The van der Waals surface area contributed by atoms with Crippen molar-refractivity contribution in [3.05, 3.63) is 0 Å². The lowest BCUT2D eigenvalue weighted by Gasteiger charge is -2.12. The van der Waals surface area contributed by atoms with E-state index in [9.17, 15) is 4.79 Å². The Morgan fingerprint density at radius 3 is 1.55 bits per heavy atom. The van der Waals surface area contributed by atoms with Gasteiger partial charge in [-0.3, -0.25) is 4.79 Å². The van der Waals surface area contributed by atoms with Gasteiger partial charge in [0.15, 0.2) is 0 Å². The van der Waals surface area contributed by atoms with E-state index in [1.54, 1.807) is 21.0 Å². The Hall–Kier alpha value is -0.730. The van der Waals surface area contributed by atoms with Gasteiger partial charge in [-0.1, -0.05) is 6.92 Å². The van der Waals surface area contributed by atoms with Crippen molar-refractivity contribution in [3.8, 4) is 0 Å². The molecule has 4 atom stereocenters. The second-order valence-electron chi connectivity index (χ2n) is 4.80. The van der Waals surface area contributed by atoms with Crippen LogP contribution in [0.25, 0.3) is 0 Å². The van der Waals surface area contributed by atoms with Crippen LogP contribution in [-0.2, 0) is 9.53 Å². The van der Waals surface area contributed by atoms with Crippen molar-refractivity contribution >= 4 is 5.97 Å². The Balaban J connectivity index is -0.000000230. The van der Waals surface area contributed by atoms with Gasteiger partial charge in [0.1, 0.15) is 0 Å². The first-order valence-electron chi connectivity index (χ1n) is 6.73. The quantitative estimate of drug-likeness (QED) is 0.454. The Morgan fingerprint density at radius 1 is 1.15 bits per heavy atom. The highest BCUT2D eigenvalue weighted by Gasteiger charge is 2.18. The van der Waals surface area contributed by atoms with Crippen LogP contribution in [0.2, 0.25) is 0 Å². The van der Waals surface area contributed by atoms with E-state index in [2.05, 4.69) is 4.74 Å². The van der Waals surface area contributed by atoms with Crippen molar-refractivity contribution in [2.75, 3.05) is 20.3 Å². The summed E-state index contributed by atoms with van der Waals surface area (Å²) in [6, 6.07) is -0.127. The summed E-state index contributed by atoms with van der Waals surface area (Å²) in [5.74, 6) is -1.18. The Bertz CT molecular complexity index is 212. The topological polar surface area (TPSA) is 145 Å². The fourth-order valence-electron chi connectivity index (χ4n) is 1.03. The van der Waals surface area contributed by atoms with Crippen LogP contribution >= 0.6 is 0 Å². The molecule has 0 aliphatic rings. The van der Waals surface area contributed by atoms with Crippen LogP contribution in [0.4, 0.5) is 0 Å². The van der Waals surface area contributed by atoms with Gasteiger partial charge in [-0.05, 0) is 27.2 Å². The van der Waals surface area contributed by atoms with Crippen LogP contribution in [0, 0.1) is 5.92 Å². The molecule has 0 amide bonds. The highest BCUT2D eigenvalue weighted by Crippen LogP contribution is 2.05. The molecule has 8 N–H and O–H groups in total. The van der Waals surface area contributed by atoms with E-state index in [0.29, 0.717) is 13.0 Å². The van der Waals surface area contributed by atoms with Gasteiger partial charge in [0, 0.05) is 25.2 Å². The number of rotatable bonds is 6. The van der Waals surface area contributed by atoms with Crippen LogP contribution in [-0.4, -0.2) is 54.6 Å². The zero-order valence-corrected chi connectivity index (χ0v) is 13.4. The van der Waals surface area contributed by atoms with Crippen LogP contribution in [0.3, 0.4) is 0 Å². The van der Waals surface area contributed by atoms with E-state index in [0.717, 1.165) is 0 Å². The maximum atomic E-state index is 10.3. The minimum Gasteiger partial charge on any atom is -0.481 e. The second-order valence-corrected chi connectivity index (χ2v) is 4.80. The van der Waals surface area contributed by atoms with Gasteiger partial charge in [-0.2, -0.15) is 0 Å². The number of aliphatic hydroxyl groups excluding tert-OH is 1. The summed E-state index contributed by atoms with van der Waals surface area (Å²) in [4.78, 5) is 10.3. The van der Waals surface area contributed by atoms with Crippen LogP contribution in [0.5, 0.6) is 0 Å². The van der Waals surface area contributed by atoms with Crippen molar-refractivity contribution in [1.82, 2.24) is 0 Å². The molecule has 124 valence electrons. The van der Waals surface area contributed by atoms with Crippen molar-refractivity contribution in [1.29, 1.82) is 0 Å². The summed E-state index contributed by atoms with van der Waals surface area (Å²) in [5, 5.41) is 16.5. The average molecular weight is 295 g/mol. The predicted molar refractivity (Wildman–Crippen MR) is 81.3 cm³/mol. The molecule has 0 aliphatic carbocycles. The van der Waals surface area contributed by atoms with Crippen LogP contribution < -0.4 is 17.2 Å². The first-order valence-corrected chi connectivity index (χ1v) is 6.73. The minimum atomic E-state index is -0.799. The van der Waals surface area contributed by atoms with E-state index in [4.69, 9.17) is 27.4 Å². The molecule has 0 saturated carbocycles. The zero-order chi connectivity index (χ0) is 16.7. The average Bonchev–Trinajstić information content (AvgIpc) is 2.30. The van der Waals surface area contributed by atoms with Gasteiger partial charge in [0.25, 0.3) is 0 Å². The third-order valence-corrected chi connectivity index (χ3v) is 2.11. The molecule has 4 unspecified atom stereocenters. The largest absolute Gasteiger partial charge is 0.481 e. The number of ether oxygens (including phenoxy) is 1. The first-order chi connectivity index (χ1) is 9.13. The number of carboxylic acids is 1. The molecule has 0 rings (SSSR count). The number of carboxylic acid groups (broad SMARTS) is 1. The van der Waals surface area contributed by atoms with Crippen LogP contribution in [0.15, 0.2) is 0 Å². The summed E-state index contributed by atoms with van der Waals surface area (Å²) < 4.78 is 4.68. The third-order valence-electron chi connectivity index (χ3n) is 2.11. The van der Waals surface area contributed by atoms with Gasteiger partial charge < -0.3 is 32.2 Å². The molecule has 0 bridgehead atoms. The van der Waals surface area contributed by atoms with Crippen molar-refractivity contribution < 1.29 is 19.7 Å². The van der Waals surface area contributed by atoms with E-state index < -0.39 is 5.97 Å². The summed E-state index contributed by atoms with van der Waals surface area (Å²) in [5.41, 5.74) is 15.7. The SMILES string of the molecule is CC(N)CO.CCC(C(=O)O)C(C)N.COCC(C)N. The highest BCUT2D eigenvalue weighted by molar-refractivity contribution is 5.70. The number of carbonyl (C=O) groups is 1. The summed E-state index contributed by atoms with van der Waals surface area (Å²) in [6.45, 7) is 7.92. The molecule has 0 aromatic carbocycles. The molecule has 7 nitrogen and oxygen atoms in total. The lowest BCUT2D eigenvalue weighted by atomic mass is 10.00. The van der Waals surface area contributed by atoms with E-state index in [-0.39, 0.29) is 30.7 Å². The third kappa shape index (κ3) is 22.5. The van der Waals surface area contributed by atoms with Crippen molar-refractivity contribution in [3.63, 3.8) is 0 Å². The van der Waals surface area contributed by atoms with Crippen molar-refractivity contribution in [2.45, 2.75) is 52.2 Å². The lowest BCUT2D eigenvalue weighted by Crippen LogP contribution is -2.32. The number of hydrogen-bond donors (Lipinski definition) is 5. The maximum Gasteiger partial charge on any atom is 0.308 e. The molecule has 0 aromatic rings. The number of aliphatic carboxylic acids is 1. The number of aliphatic hydroxyl groups is 1. The molecule has 20 heavy (non-hydrogen) atoms. The van der Waals surface area contributed by atoms with Gasteiger partial charge in [-0.15, -0.1) is 0 Å². The van der Waals surface area contributed by atoms with Crippen LogP contribution in [0.1, 0.15) is 34.1 Å². The normalized spacial score (nSPS) is 15.7. The smallest absolute Gasteiger partial charge is 0.308 e. The number of hydrogen-bond acceptors (Lipinski definition) is 6. The maximum absolute atomic E-state index is 10.3. The summed E-state index contributed by atoms with van der Waals surface area (Å²) in [7, 11) is 1.64. The number of methoxy groups -OCH3 is 1. The minimum absolute atomic E-state index is 0.0602. The standard InChI is InChI=1S/C6H13NO2.C4H11NO.C3H9NO/c1-3-5(4(2)7)6(8)9;1-4(5)3-6-2;1-3(4)2-5/h4-5H,3,7H2,1-2H3,(H,8,9);4H,3,5H2,1-2H3;3,5H,2,4H2,1H3. The molecule has 0 spiro atoms. The Morgan fingerprint density at radius 2 is 1.55 bits per heavy atom. The highest BCUT2D eigenvalue weighted by atomic mass is 16.5. The molecule has 0 fully saturated rings. The fraction of sp³-hybridized carbons (Fsp3) is 0.923. The summed E-state index contributed by atoms with van der Waals surface area (Å²) >= 11 is 0. The first kappa shape index (κ1) is 24.3. The van der Waals surface area contributed by atoms with Gasteiger partial charge in [-0.25, -0.2) is 0 Å². The molecule has 0 aliphatic heterocycles.